The van der Waals surface area contributed by atoms with Crippen LogP contribution in [0.2, 0.25) is 0 Å². The van der Waals surface area contributed by atoms with Crippen LogP contribution in [0.4, 0.5) is 0 Å². The van der Waals surface area contributed by atoms with Crippen molar-refractivity contribution in [3.05, 3.63) is 47.5 Å². The van der Waals surface area contributed by atoms with Gasteiger partial charge in [0.05, 0.1) is 5.56 Å². The second-order valence-electron chi connectivity index (χ2n) is 4.34. The van der Waals surface area contributed by atoms with E-state index in [1.54, 1.807) is 0 Å². The Kier molecular flexibility index (Phi) is 3.56. The van der Waals surface area contributed by atoms with Gasteiger partial charge in [-0.05, 0) is 35.6 Å². The summed E-state index contributed by atoms with van der Waals surface area (Å²) in [6.07, 6.45) is 1.50. The minimum atomic E-state index is 0.193. The van der Waals surface area contributed by atoms with Crippen LogP contribution >= 0.6 is 0 Å². The zero-order valence-electron chi connectivity index (χ0n) is 10.8. The molecule has 0 heterocycles. The third-order valence-electron chi connectivity index (χ3n) is 3.25. The van der Waals surface area contributed by atoms with Gasteiger partial charge in [0.25, 0.3) is 0 Å². The second kappa shape index (κ2) is 5.13. The van der Waals surface area contributed by atoms with Gasteiger partial charge in [0.2, 0.25) is 0 Å². The lowest BCUT2D eigenvalue weighted by molar-refractivity contribution is 0.446. The van der Waals surface area contributed by atoms with E-state index < -0.39 is 0 Å². The quantitative estimate of drug-likeness (QED) is 0.857. The fourth-order valence-corrected chi connectivity index (χ4v) is 2.20. The average Bonchev–Trinajstić information content (AvgIpc) is 2.40. The van der Waals surface area contributed by atoms with Crippen LogP contribution in [0, 0.1) is 0 Å². The highest BCUT2D eigenvalue weighted by atomic mass is 16.3. The molecule has 2 rings (SSSR count). The van der Waals surface area contributed by atoms with Crippen LogP contribution in [0.1, 0.15) is 25.0 Å². The number of hydrogen-bond donors (Lipinski definition) is 2. The van der Waals surface area contributed by atoms with Crippen molar-refractivity contribution in [1.29, 1.82) is 0 Å². The molecule has 0 amide bonds. The van der Waals surface area contributed by atoms with E-state index in [4.69, 9.17) is 0 Å². The van der Waals surface area contributed by atoms with Gasteiger partial charge in [-0.1, -0.05) is 44.2 Å². The summed E-state index contributed by atoms with van der Waals surface area (Å²) < 4.78 is 0. The molecule has 0 bridgehead atoms. The molecule has 0 fully saturated rings. The summed E-state index contributed by atoms with van der Waals surface area (Å²) in [5.41, 5.74) is 3.15. The Bertz CT molecular complexity index is 517. The first kappa shape index (κ1) is 12.5. The van der Waals surface area contributed by atoms with Crippen LogP contribution in [0.5, 0.6) is 11.5 Å². The van der Waals surface area contributed by atoms with Crippen LogP contribution in [-0.4, -0.2) is 10.2 Å². The van der Waals surface area contributed by atoms with E-state index in [0.29, 0.717) is 5.56 Å². The standard InChI is InChI=1S/C16H18O2/c1-3-11-10-12(4-2)16(18)14(15(11)17)13-8-6-5-7-9-13/h5-10,17-18H,3-4H2,1-2H3. The van der Waals surface area contributed by atoms with Crippen molar-refractivity contribution in [1.82, 2.24) is 0 Å². The van der Waals surface area contributed by atoms with Crippen molar-refractivity contribution in [2.75, 3.05) is 0 Å². The molecule has 0 saturated heterocycles. The zero-order valence-corrected chi connectivity index (χ0v) is 10.8. The molecule has 18 heavy (non-hydrogen) atoms. The van der Waals surface area contributed by atoms with Gasteiger partial charge in [-0.25, -0.2) is 0 Å². The lowest BCUT2D eigenvalue weighted by Gasteiger charge is -2.14. The summed E-state index contributed by atoms with van der Waals surface area (Å²) in [6, 6.07) is 11.4. The van der Waals surface area contributed by atoms with E-state index in [1.165, 1.54) is 0 Å². The van der Waals surface area contributed by atoms with E-state index in [-0.39, 0.29) is 11.5 Å². The molecule has 0 aliphatic heterocycles. The second-order valence-corrected chi connectivity index (χ2v) is 4.34. The Balaban J connectivity index is 2.72. The van der Waals surface area contributed by atoms with E-state index in [2.05, 4.69) is 0 Å². The molecule has 0 aliphatic carbocycles. The minimum absolute atomic E-state index is 0.193. The van der Waals surface area contributed by atoms with Gasteiger partial charge in [-0.15, -0.1) is 0 Å². The minimum Gasteiger partial charge on any atom is -0.507 e. The maximum absolute atomic E-state index is 10.3. The molecule has 2 nitrogen and oxygen atoms in total. The first-order valence-electron chi connectivity index (χ1n) is 6.31. The molecule has 0 saturated carbocycles. The third kappa shape index (κ3) is 2.06. The largest absolute Gasteiger partial charge is 0.507 e. The van der Waals surface area contributed by atoms with Gasteiger partial charge in [0, 0.05) is 0 Å². The average molecular weight is 242 g/mol. The smallest absolute Gasteiger partial charge is 0.130 e. The first-order valence-corrected chi connectivity index (χ1v) is 6.31. The zero-order chi connectivity index (χ0) is 13.1. The van der Waals surface area contributed by atoms with Gasteiger partial charge in [0.15, 0.2) is 0 Å². The van der Waals surface area contributed by atoms with Crippen LogP contribution < -0.4 is 0 Å². The monoisotopic (exact) mass is 242 g/mol. The van der Waals surface area contributed by atoms with Crippen LogP contribution in [0.25, 0.3) is 11.1 Å². The predicted molar refractivity (Wildman–Crippen MR) is 74.0 cm³/mol. The van der Waals surface area contributed by atoms with Gasteiger partial charge < -0.3 is 10.2 Å². The van der Waals surface area contributed by atoms with Crippen molar-refractivity contribution < 1.29 is 10.2 Å². The molecular weight excluding hydrogens is 224 g/mol. The van der Waals surface area contributed by atoms with E-state index in [9.17, 15) is 10.2 Å². The lowest BCUT2D eigenvalue weighted by Crippen LogP contribution is -1.92. The summed E-state index contributed by atoms with van der Waals surface area (Å²) in [6.45, 7) is 4.00. The number of hydrogen-bond acceptors (Lipinski definition) is 2. The molecule has 2 aromatic rings. The van der Waals surface area contributed by atoms with Gasteiger partial charge in [0.1, 0.15) is 11.5 Å². The van der Waals surface area contributed by atoms with Crippen molar-refractivity contribution in [2.24, 2.45) is 0 Å². The highest BCUT2D eigenvalue weighted by molar-refractivity contribution is 5.79. The summed E-state index contributed by atoms with van der Waals surface area (Å²) in [7, 11) is 0. The molecule has 0 aromatic heterocycles. The molecule has 0 unspecified atom stereocenters. The van der Waals surface area contributed by atoms with Gasteiger partial charge in [-0.3, -0.25) is 0 Å². The van der Waals surface area contributed by atoms with Crippen molar-refractivity contribution in [2.45, 2.75) is 26.7 Å². The predicted octanol–water partition coefficient (Wildman–Crippen LogP) is 3.89. The maximum Gasteiger partial charge on any atom is 0.130 e. The molecule has 2 aromatic carbocycles. The van der Waals surface area contributed by atoms with Crippen LogP contribution in [-0.2, 0) is 12.8 Å². The van der Waals surface area contributed by atoms with Gasteiger partial charge >= 0.3 is 0 Å². The Labute approximate surface area is 108 Å². The number of benzene rings is 2. The van der Waals surface area contributed by atoms with Crippen molar-refractivity contribution in [3.8, 4) is 22.6 Å². The SMILES string of the molecule is CCc1cc(CC)c(O)c(-c2ccccc2)c1O. The molecular formula is C16H18O2. The Morgan fingerprint density at radius 3 is 1.78 bits per heavy atom. The summed E-state index contributed by atoms with van der Waals surface area (Å²) in [5, 5.41) is 20.6. The molecule has 2 N–H and O–H groups in total. The first-order chi connectivity index (χ1) is 8.69. The molecule has 0 spiro atoms. The Hall–Kier alpha value is -1.96. The molecule has 0 aliphatic rings. The Morgan fingerprint density at radius 2 is 1.33 bits per heavy atom. The molecule has 0 radical (unpaired) electrons. The molecule has 0 atom stereocenters. The highest BCUT2D eigenvalue weighted by Gasteiger charge is 2.16. The van der Waals surface area contributed by atoms with E-state index in [1.807, 2.05) is 50.2 Å². The summed E-state index contributed by atoms with van der Waals surface area (Å²) in [4.78, 5) is 0. The fourth-order valence-electron chi connectivity index (χ4n) is 2.20. The highest BCUT2D eigenvalue weighted by Crippen LogP contribution is 2.42. The fraction of sp³-hybridized carbons (Fsp3) is 0.250. The number of phenols is 2. The van der Waals surface area contributed by atoms with Gasteiger partial charge in [-0.2, -0.15) is 0 Å². The number of aryl methyl sites for hydroxylation is 2. The van der Waals surface area contributed by atoms with Crippen molar-refractivity contribution in [3.63, 3.8) is 0 Å². The Morgan fingerprint density at radius 1 is 0.833 bits per heavy atom. The topological polar surface area (TPSA) is 40.5 Å². The normalized spacial score (nSPS) is 10.6. The van der Waals surface area contributed by atoms with Crippen LogP contribution in [0.3, 0.4) is 0 Å². The lowest BCUT2D eigenvalue weighted by atomic mass is 9.94. The number of aromatic hydroxyl groups is 2. The summed E-state index contributed by atoms with van der Waals surface area (Å²) >= 11 is 0. The van der Waals surface area contributed by atoms with Crippen LogP contribution in [0.15, 0.2) is 36.4 Å². The van der Waals surface area contributed by atoms with E-state index in [0.717, 1.165) is 29.5 Å². The maximum atomic E-state index is 10.3. The molecule has 94 valence electrons. The summed E-state index contributed by atoms with van der Waals surface area (Å²) in [5.74, 6) is 0.386. The van der Waals surface area contributed by atoms with Crippen molar-refractivity contribution >= 4 is 0 Å². The molecule has 2 heteroatoms. The van der Waals surface area contributed by atoms with E-state index >= 15 is 0 Å². The number of rotatable bonds is 3. The number of phenolic OH excluding ortho intramolecular Hbond substituents is 2. The third-order valence-corrected chi connectivity index (χ3v) is 3.25.